The minimum absolute atomic E-state index is 0.0639. The third kappa shape index (κ3) is 2.21. The first kappa shape index (κ1) is 10.9. The van der Waals surface area contributed by atoms with Crippen LogP contribution in [-0.4, -0.2) is 23.8 Å². The average molecular weight is 234 g/mol. The molecule has 0 aliphatic carbocycles. The number of halogens is 2. The Morgan fingerprint density at radius 1 is 1.43 bits per heavy atom. The van der Waals surface area contributed by atoms with Crippen molar-refractivity contribution in [2.45, 2.75) is 0 Å². The number of ketones is 1. The van der Waals surface area contributed by atoms with E-state index in [9.17, 15) is 9.59 Å². The molecule has 1 aromatic rings. The number of pyridine rings is 1. The number of rotatable bonds is 2. The van der Waals surface area contributed by atoms with E-state index in [1.807, 2.05) is 0 Å². The SMILES string of the molecule is COC(=O)C(=O)c1cc(Cl)cnc1Cl. The second kappa shape index (κ2) is 4.39. The molecule has 0 saturated heterocycles. The summed E-state index contributed by atoms with van der Waals surface area (Å²) in [6.45, 7) is 0. The van der Waals surface area contributed by atoms with Crippen molar-refractivity contribution in [3.8, 4) is 0 Å². The highest BCUT2D eigenvalue weighted by Crippen LogP contribution is 2.18. The van der Waals surface area contributed by atoms with Crippen molar-refractivity contribution in [3.05, 3.63) is 28.0 Å². The molecule has 1 rings (SSSR count). The van der Waals surface area contributed by atoms with E-state index in [0.29, 0.717) is 0 Å². The van der Waals surface area contributed by atoms with Gasteiger partial charge in [-0.05, 0) is 6.07 Å². The summed E-state index contributed by atoms with van der Waals surface area (Å²) in [5.41, 5.74) is -0.0639. The lowest BCUT2D eigenvalue weighted by atomic mass is 10.2. The van der Waals surface area contributed by atoms with Crippen LogP contribution in [0.5, 0.6) is 0 Å². The van der Waals surface area contributed by atoms with E-state index in [-0.39, 0.29) is 15.7 Å². The van der Waals surface area contributed by atoms with Crippen LogP contribution < -0.4 is 0 Å². The second-order valence-electron chi connectivity index (χ2n) is 2.31. The number of carbonyl (C=O) groups excluding carboxylic acids is 2. The topological polar surface area (TPSA) is 56.3 Å². The summed E-state index contributed by atoms with van der Waals surface area (Å²) < 4.78 is 4.24. The molecule has 0 N–H and O–H groups in total. The zero-order chi connectivity index (χ0) is 10.7. The van der Waals surface area contributed by atoms with Crippen LogP contribution in [-0.2, 0) is 9.53 Å². The first-order valence-corrected chi connectivity index (χ1v) is 4.25. The van der Waals surface area contributed by atoms with Crippen LogP contribution in [0.3, 0.4) is 0 Å². The van der Waals surface area contributed by atoms with Gasteiger partial charge in [0.1, 0.15) is 5.15 Å². The highest BCUT2D eigenvalue weighted by Gasteiger charge is 2.20. The van der Waals surface area contributed by atoms with E-state index in [4.69, 9.17) is 23.2 Å². The summed E-state index contributed by atoms with van der Waals surface area (Å²) in [4.78, 5) is 25.8. The minimum Gasteiger partial charge on any atom is -0.463 e. The number of methoxy groups -OCH3 is 1. The average Bonchev–Trinajstić information content (AvgIpc) is 2.19. The maximum absolute atomic E-state index is 11.3. The summed E-state index contributed by atoms with van der Waals surface area (Å²) in [7, 11) is 1.10. The molecule has 4 nitrogen and oxygen atoms in total. The molecule has 0 aliphatic heterocycles. The van der Waals surface area contributed by atoms with Gasteiger partial charge in [0.05, 0.1) is 17.7 Å². The highest BCUT2D eigenvalue weighted by atomic mass is 35.5. The van der Waals surface area contributed by atoms with Crippen LogP contribution in [0.15, 0.2) is 12.3 Å². The molecule has 0 radical (unpaired) electrons. The third-order valence-corrected chi connectivity index (χ3v) is 1.93. The van der Waals surface area contributed by atoms with Crippen LogP contribution in [0.4, 0.5) is 0 Å². The van der Waals surface area contributed by atoms with E-state index in [1.54, 1.807) is 0 Å². The Labute approximate surface area is 89.8 Å². The summed E-state index contributed by atoms with van der Waals surface area (Å²) in [5, 5.41) is 0.145. The summed E-state index contributed by atoms with van der Waals surface area (Å²) >= 11 is 11.2. The van der Waals surface area contributed by atoms with Crippen LogP contribution >= 0.6 is 23.2 Å². The largest absolute Gasteiger partial charge is 0.463 e. The fourth-order valence-corrected chi connectivity index (χ4v) is 1.13. The van der Waals surface area contributed by atoms with Crippen LogP contribution in [0.1, 0.15) is 10.4 Å². The summed E-state index contributed by atoms with van der Waals surface area (Å²) in [6.07, 6.45) is 1.28. The molecule has 0 fully saturated rings. The van der Waals surface area contributed by atoms with Crippen molar-refractivity contribution in [1.29, 1.82) is 0 Å². The summed E-state index contributed by atoms with van der Waals surface area (Å²) in [5.74, 6) is -1.87. The van der Waals surface area contributed by atoms with Crippen LogP contribution in [0, 0.1) is 0 Å². The summed E-state index contributed by atoms with van der Waals surface area (Å²) in [6, 6.07) is 1.26. The van der Waals surface area contributed by atoms with Gasteiger partial charge in [-0.15, -0.1) is 0 Å². The van der Waals surface area contributed by atoms with Gasteiger partial charge in [0.2, 0.25) is 0 Å². The van der Waals surface area contributed by atoms with Crippen molar-refractivity contribution >= 4 is 35.0 Å². The van der Waals surface area contributed by atoms with Gasteiger partial charge in [0, 0.05) is 6.20 Å². The molecule has 0 saturated carbocycles. The molecule has 0 amide bonds. The Kier molecular flexibility index (Phi) is 3.43. The van der Waals surface area contributed by atoms with Gasteiger partial charge < -0.3 is 4.74 Å². The quantitative estimate of drug-likeness (QED) is 0.338. The van der Waals surface area contributed by atoms with Crippen molar-refractivity contribution in [2.75, 3.05) is 7.11 Å². The number of Topliss-reactive ketones (excluding diaryl/α,β-unsaturated/α-hetero) is 1. The monoisotopic (exact) mass is 233 g/mol. The lowest BCUT2D eigenvalue weighted by Crippen LogP contribution is -2.16. The minimum atomic E-state index is -1.00. The fourth-order valence-electron chi connectivity index (χ4n) is 0.784. The number of hydrogen-bond donors (Lipinski definition) is 0. The Morgan fingerprint density at radius 3 is 2.64 bits per heavy atom. The van der Waals surface area contributed by atoms with E-state index in [0.717, 1.165) is 7.11 Å². The molecule has 0 unspecified atom stereocenters. The molecule has 0 bridgehead atoms. The van der Waals surface area contributed by atoms with Crippen molar-refractivity contribution in [2.24, 2.45) is 0 Å². The number of ether oxygens (including phenoxy) is 1. The molecular weight excluding hydrogens is 229 g/mol. The molecule has 14 heavy (non-hydrogen) atoms. The van der Waals surface area contributed by atoms with Gasteiger partial charge in [-0.25, -0.2) is 9.78 Å². The van der Waals surface area contributed by atoms with Crippen LogP contribution in [0.2, 0.25) is 10.2 Å². The van der Waals surface area contributed by atoms with Gasteiger partial charge in [-0.2, -0.15) is 0 Å². The standard InChI is InChI=1S/C8H5Cl2NO3/c1-14-8(13)6(12)5-2-4(9)3-11-7(5)10/h2-3H,1H3. The molecule has 1 heterocycles. The van der Waals surface area contributed by atoms with Gasteiger partial charge in [0.25, 0.3) is 5.78 Å². The number of hydrogen-bond acceptors (Lipinski definition) is 4. The molecule has 0 aromatic carbocycles. The number of carbonyl (C=O) groups is 2. The smallest absolute Gasteiger partial charge is 0.379 e. The lowest BCUT2D eigenvalue weighted by molar-refractivity contribution is -0.135. The van der Waals surface area contributed by atoms with Crippen LogP contribution in [0.25, 0.3) is 0 Å². The molecule has 74 valence electrons. The highest BCUT2D eigenvalue weighted by molar-refractivity contribution is 6.45. The predicted octanol–water partition coefficient (Wildman–Crippen LogP) is 1.74. The number of esters is 1. The van der Waals surface area contributed by atoms with Crippen molar-refractivity contribution < 1.29 is 14.3 Å². The zero-order valence-electron chi connectivity index (χ0n) is 7.08. The van der Waals surface area contributed by atoms with Gasteiger partial charge in [-0.3, -0.25) is 4.79 Å². The first-order chi connectivity index (χ1) is 6.56. The first-order valence-electron chi connectivity index (χ1n) is 3.50. The molecule has 6 heteroatoms. The normalized spacial score (nSPS) is 9.64. The zero-order valence-corrected chi connectivity index (χ0v) is 8.59. The lowest BCUT2D eigenvalue weighted by Gasteiger charge is -2.00. The van der Waals surface area contributed by atoms with Crippen molar-refractivity contribution in [1.82, 2.24) is 4.98 Å². The number of aromatic nitrogens is 1. The van der Waals surface area contributed by atoms with Crippen molar-refractivity contribution in [3.63, 3.8) is 0 Å². The number of nitrogens with zero attached hydrogens (tertiary/aromatic N) is 1. The van der Waals surface area contributed by atoms with E-state index < -0.39 is 11.8 Å². The Hall–Kier alpha value is -1.13. The maximum Gasteiger partial charge on any atom is 0.379 e. The van der Waals surface area contributed by atoms with Gasteiger partial charge in [-0.1, -0.05) is 23.2 Å². The Balaban J connectivity index is 3.12. The van der Waals surface area contributed by atoms with E-state index in [1.165, 1.54) is 12.3 Å². The molecule has 0 atom stereocenters. The third-order valence-electron chi connectivity index (χ3n) is 1.42. The molecular formula is C8H5Cl2NO3. The maximum atomic E-state index is 11.3. The van der Waals surface area contributed by atoms with E-state index >= 15 is 0 Å². The van der Waals surface area contributed by atoms with Gasteiger partial charge in [0.15, 0.2) is 0 Å². The van der Waals surface area contributed by atoms with Gasteiger partial charge >= 0.3 is 5.97 Å². The molecule has 1 aromatic heterocycles. The van der Waals surface area contributed by atoms with E-state index in [2.05, 4.69) is 9.72 Å². The molecule has 0 spiro atoms. The molecule has 0 aliphatic rings. The Bertz CT molecular complexity index is 392. The fraction of sp³-hybridized carbons (Fsp3) is 0.125. The predicted molar refractivity (Wildman–Crippen MR) is 50.6 cm³/mol. The second-order valence-corrected chi connectivity index (χ2v) is 3.11. The Morgan fingerprint density at radius 2 is 2.07 bits per heavy atom.